The summed E-state index contributed by atoms with van der Waals surface area (Å²) in [5.74, 6) is 4.91. The predicted octanol–water partition coefficient (Wildman–Crippen LogP) is 10.4. The topological polar surface area (TPSA) is 117 Å². The van der Waals surface area contributed by atoms with E-state index in [4.69, 9.17) is 14.2 Å². The average molecular weight is 820 g/mol. The largest absolute Gasteiger partial charge is 0.508 e. The number of anilines is 1. The molecule has 0 spiro atoms. The number of carbonyl (C=O) groups excluding carboxylic acids is 1. The number of ketones is 1. The van der Waals surface area contributed by atoms with E-state index in [-0.39, 0.29) is 48.0 Å². The molecule has 316 valence electrons. The van der Waals surface area contributed by atoms with Gasteiger partial charge in [0.25, 0.3) is 0 Å². The number of aryl methyl sites for hydroxylation is 2. The first-order valence-electron chi connectivity index (χ1n) is 21.6. The summed E-state index contributed by atoms with van der Waals surface area (Å²) in [5, 5.41) is 37.4. The fourth-order valence-electron chi connectivity index (χ4n) is 8.49. The second-order valence-corrected chi connectivity index (χ2v) is 16.5. The molecule has 3 aliphatic rings. The molecule has 61 heavy (non-hydrogen) atoms. The number of unbranched alkanes of at least 4 members (excludes halogenated alkanes) is 1. The first kappa shape index (κ1) is 42.9. The van der Waals surface area contributed by atoms with Gasteiger partial charge in [0.05, 0.1) is 19.3 Å². The average Bonchev–Trinajstić information content (AvgIpc) is 3.26. The minimum absolute atomic E-state index is 0.0432. The van der Waals surface area contributed by atoms with E-state index in [0.29, 0.717) is 42.9 Å². The Morgan fingerprint density at radius 3 is 2.56 bits per heavy atom. The number of carbonyl (C=O) groups is 1. The lowest BCUT2D eigenvalue weighted by molar-refractivity contribution is -0.121. The van der Waals surface area contributed by atoms with Gasteiger partial charge in [-0.05, 0) is 139 Å². The number of phenols is 1. The number of aromatic hydroxyl groups is 1. The number of aliphatic hydroxyl groups excluding tert-OH is 2. The number of ether oxygens (including phenoxy) is 3. The molecule has 4 N–H and O–H groups in total. The molecular weight excluding hydrogens is 763 g/mol. The van der Waals surface area contributed by atoms with Crippen LogP contribution in [0.4, 0.5) is 5.69 Å². The van der Waals surface area contributed by atoms with Crippen LogP contribution >= 0.6 is 0 Å². The second kappa shape index (κ2) is 20.9. The number of aliphatic hydroxyl groups is 2. The molecule has 0 saturated heterocycles. The van der Waals surface area contributed by atoms with Crippen molar-refractivity contribution < 1.29 is 34.3 Å². The van der Waals surface area contributed by atoms with Gasteiger partial charge >= 0.3 is 0 Å². The molecule has 0 radical (unpaired) electrons. The van der Waals surface area contributed by atoms with Crippen molar-refractivity contribution in [3.8, 4) is 29.3 Å². The number of benzene rings is 5. The van der Waals surface area contributed by atoms with Crippen LogP contribution in [-0.4, -0.2) is 46.5 Å². The summed E-state index contributed by atoms with van der Waals surface area (Å²) < 4.78 is 18.1. The number of hydrogen-bond acceptors (Lipinski definition) is 8. The lowest BCUT2D eigenvalue weighted by Crippen LogP contribution is -2.33. The van der Waals surface area contributed by atoms with Gasteiger partial charge in [-0.1, -0.05) is 85.1 Å². The Hall–Kier alpha value is -6.17. The third-order valence-corrected chi connectivity index (χ3v) is 11.9. The maximum Gasteiger partial charge on any atom is 0.161 e. The molecule has 5 aromatic rings. The number of fused-ring (bicyclic) bond motifs is 9. The number of methoxy groups -OCH3 is 1. The molecule has 2 aliphatic heterocycles. The van der Waals surface area contributed by atoms with Gasteiger partial charge in [-0.2, -0.15) is 0 Å². The number of rotatable bonds is 13. The first-order valence-corrected chi connectivity index (χ1v) is 21.6. The third-order valence-electron chi connectivity index (χ3n) is 11.9. The van der Waals surface area contributed by atoms with Crippen molar-refractivity contribution >= 4 is 22.2 Å². The fourth-order valence-corrected chi connectivity index (χ4v) is 8.49. The van der Waals surface area contributed by atoms with E-state index in [1.165, 1.54) is 11.1 Å². The molecule has 0 fully saturated rings. The van der Waals surface area contributed by atoms with E-state index in [1.807, 2.05) is 67.6 Å². The Morgan fingerprint density at radius 2 is 1.72 bits per heavy atom. The number of phenolic OH excluding ortho intramolecular Hbond substituents is 1. The van der Waals surface area contributed by atoms with Crippen LogP contribution in [-0.2, 0) is 41.8 Å². The Kier molecular flexibility index (Phi) is 14.7. The molecule has 1 aliphatic carbocycles. The molecule has 6 bridgehead atoms. The van der Waals surface area contributed by atoms with Crippen molar-refractivity contribution in [3.63, 3.8) is 0 Å². The summed E-state index contributed by atoms with van der Waals surface area (Å²) in [4.78, 5) is 13.6. The molecular formula is C53H57NO7. The molecule has 0 amide bonds. The van der Waals surface area contributed by atoms with Crippen LogP contribution < -0.4 is 14.8 Å². The standard InChI is InChI=1S/C53H57NO7/c1-36(55)50(30-38-10-4-3-5-11-38)54-44-15-8-13-37(29-44)12-6-7-14-41-20-23-45(56)32-43(41)33-47-34-46(57)22-17-39-19-26-52(59-2)53(31-39)61-35-40-18-24-48-42(28-40)21-25-51(58)49(48)16-9-27-60-47/h3-5,8,10-11,13,15,18-21,23-26,28-29,31-32,36,41,43,47,50,54-56,58H,6-7,12,14,16-17,22,30,33-35H2,1-2H3/t36-,41-,43-,47+,50+/m0/s1. The molecule has 8 heteroatoms. The van der Waals surface area contributed by atoms with E-state index in [1.54, 1.807) is 19.3 Å². The van der Waals surface area contributed by atoms with E-state index >= 15 is 0 Å². The SMILES string of the molecule is COc1ccc2cc1OCc1ccc3c(c(O)ccc3c1)CC#CO[C@H](C[C@@H]1C=C(O)C=C[C@@H]1CCCCc1cccc(N[C@H](Cc3ccccc3)[C@H](C)O)c1)CC(=O)CC2. The highest BCUT2D eigenvalue weighted by molar-refractivity contribution is 5.88. The van der Waals surface area contributed by atoms with Gasteiger partial charge in [0.15, 0.2) is 11.5 Å². The Labute approximate surface area is 359 Å². The minimum Gasteiger partial charge on any atom is -0.508 e. The lowest BCUT2D eigenvalue weighted by atomic mass is 9.80. The number of allylic oxidation sites excluding steroid dienone is 3. The normalized spacial score (nSPS) is 19.0. The van der Waals surface area contributed by atoms with Gasteiger partial charge in [0.2, 0.25) is 0 Å². The zero-order chi connectivity index (χ0) is 42.6. The molecule has 8 nitrogen and oxygen atoms in total. The fraction of sp³-hybridized carbons (Fsp3) is 0.340. The van der Waals surface area contributed by atoms with E-state index in [2.05, 4.69) is 65.9 Å². The van der Waals surface area contributed by atoms with Crippen molar-refractivity contribution in [2.45, 2.75) is 96.0 Å². The molecule has 0 aromatic heterocycles. The summed E-state index contributed by atoms with van der Waals surface area (Å²) in [7, 11) is 1.61. The summed E-state index contributed by atoms with van der Waals surface area (Å²) in [6.45, 7) is 2.16. The van der Waals surface area contributed by atoms with Crippen LogP contribution in [0.2, 0.25) is 0 Å². The van der Waals surface area contributed by atoms with Crippen LogP contribution in [0.15, 0.2) is 127 Å². The van der Waals surface area contributed by atoms with Crippen LogP contribution in [0, 0.1) is 23.9 Å². The lowest BCUT2D eigenvalue weighted by Gasteiger charge is -2.28. The van der Waals surface area contributed by atoms with E-state index in [0.717, 1.165) is 59.7 Å². The van der Waals surface area contributed by atoms with Crippen LogP contribution in [0.3, 0.4) is 0 Å². The first-order chi connectivity index (χ1) is 29.7. The monoisotopic (exact) mass is 819 g/mol. The zero-order valence-electron chi connectivity index (χ0n) is 35.2. The van der Waals surface area contributed by atoms with Crippen LogP contribution in [0.25, 0.3) is 10.8 Å². The maximum absolute atomic E-state index is 13.6. The Balaban J connectivity index is 1.02. The highest BCUT2D eigenvalue weighted by Gasteiger charge is 2.27. The molecule has 5 aromatic carbocycles. The van der Waals surface area contributed by atoms with Crippen LogP contribution in [0.1, 0.15) is 73.3 Å². The molecule has 8 rings (SSSR count). The minimum atomic E-state index is -0.515. The molecule has 0 unspecified atom stereocenters. The highest BCUT2D eigenvalue weighted by atomic mass is 16.5. The van der Waals surface area contributed by atoms with Gasteiger partial charge in [0, 0.05) is 30.5 Å². The Bertz CT molecular complexity index is 2390. The smallest absolute Gasteiger partial charge is 0.161 e. The third kappa shape index (κ3) is 12.0. The van der Waals surface area contributed by atoms with Gasteiger partial charge in [0.1, 0.15) is 36.1 Å². The van der Waals surface area contributed by atoms with Crippen molar-refractivity contribution in [2.24, 2.45) is 11.8 Å². The quantitative estimate of drug-likeness (QED) is 0.0685. The molecule has 0 saturated carbocycles. The number of hydrogen-bond donors (Lipinski definition) is 4. The highest BCUT2D eigenvalue weighted by Crippen LogP contribution is 2.34. The van der Waals surface area contributed by atoms with Gasteiger partial charge in [-0.25, -0.2) is 0 Å². The summed E-state index contributed by atoms with van der Waals surface area (Å²) >= 11 is 0. The van der Waals surface area contributed by atoms with Crippen molar-refractivity contribution in [1.82, 2.24) is 0 Å². The number of Topliss-reactive ketones (excluding diaryl/α,β-unsaturated/α-hetero) is 1. The zero-order valence-corrected chi connectivity index (χ0v) is 35.2. The summed E-state index contributed by atoms with van der Waals surface area (Å²) in [5.41, 5.74) is 6.07. The van der Waals surface area contributed by atoms with Gasteiger partial charge < -0.3 is 34.8 Å². The molecule has 5 atom stereocenters. The van der Waals surface area contributed by atoms with Crippen LogP contribution in [0.5, 0.6) is 17.2 Å². The van der Waals surface area contributed by atoms with Crippen molar-refractivity contribution in [1.29, 1.82) is 0 Å². The summed E-state index contributed by atoms with van der Waals surface area (Å²) in [6.07, 6.45) is 14.0. The summed E-state index contributed by atoms with van der Waals surface area (Å²) in [6, 6.07) is 34.0. The van der Waals surface area contributed by atoms with Crippen molar-refractivity contribution in [2.75, 3.05) is 12.4 Å². The second-order valence-electron chi connectivity index (χ2n) is 16.5. The number of nitrogens with one attached hydrogen (secondary N) is 1. The van der Waals surface area contributed by atoms with Gasteiger partial charge in [-0.15, -0.1) is 0 Å². The van der Waals surface area contributed by atoms with E-state index < -0.39 is 12.2 Å². The molecule has 2 heterocycles. The van der Waals surface area contributed by atoms with E-state index in [9.17, 15) is 20.1 Å². The predicted molar refractivity (Wildman–Crippen MR) is 242 cm³/mol. The maximum atomic E-state index is 13.6. The van der Waals surface area contributed by atoms with Crippen molar-refractivity contribution in [3.05, 3.63) is 155 Å². The Morgan fingerprint density at radius 1 is 0.885 bits per heavy atom. The van der Waals surface area contributed by atoms with Gasteiger partial charge in [-0.3, -0.25) is 4.79 Å².